The number of nitrogens with one attached hydrogen (secondary N) is 2. The number of H-pyrrole nitrogens is 1. The normalized spacial score (nSPS) is 10.9. The minimum absolute atomic E-state index is 0.0349. The second kappa shape index (κ2) is 8.01. The first-order chi connectivity index (χ1) is 12.5. The molecule has 3 aromatic rings. The van der Waals surface area contributed by atoms with Gasteiger partial charge in [0.1, 0.15) is 17.0 Å². The van der Waals surface area contributed by atoms with Crippen LogP contribution in [0.4, 0.5) is 5.82 Å². The molecule has 26 heavy (non-hydrogen) atoms. The number of hydrogen-bond donors (Lipinski definition) is 3. The van der Waals surface area contributed by atoms with Gasteiger partial charge in [0.25, 0.3) is 0 Å². The molecule has 0 radical (unpaired) electrons. The Morgan fingerprint density at radius 2 is 2.19 bits per heavy atom. The molecule has 0 atom stereocenters. The maximum Gasteiger partial charge on any atom is 0.169 e. The molecule has 0 saturated carbocycles. The van der Waals surface area contributed by atoms with Crippen molar-refractivity contribution < 1.29 is 9.47 Å². The Bertz CT molecular complexity index is 895. The molecule has 0 spiro atoms. The summed E-state index contributed by atoms with van der Waals surface area (Å²) in [7, 11) is 0. The second-order valence-electron chi connectivity index (χ2n) is 5.99. The summed E-state index contributed by atoms with van der Waals surface area (Å²) in [5.41, 5.74) is 7.30. The van der Waals surface area contributed by atoms with Crippen LogP contribution in [0, 0.1) is 0 Å². The van der Waals surface area contributed by atoms with Crippen LogP contribution in [-0.4, -0.2) is 33.0 Å². The predicted molar refractivity (Wildman–Crippen MR) is 106 cm³/mol. The van der Waals surface area contributed by atoms with Crippen molar-refractivity contribution in [2.75, 3.05) is 11.9 Å². The Hall–Kier alpha value is -2.87. The van der Waals surface area contributed by atoms with Crippen LogP contribution < -0.4 is 20.5 Å². The van der Waals surface area contributed by atoms with E-state index >= 15 is 0 Å². The standard InChI is InChI=1S/C18H21N5O2S/c1-11(2)25-13-9-14-16(22-23-17(14)21-18(19)26)15(10-13)24-8-6-12-5-3-4-7-20-12/h3-5,7,9-11H,6,8H2,1-2H3,(H4,19,21,22,23,26). The first-order valence-corrected chi connectivity index (χ1v) is 8.71. The average molecular weight is 371 g/mol. The molecule has 8 heteroatoms. The first kappa shape index (κ1) is 17.9. The number of aromatic amines is 1. The minimum atomic E-state index is 0.0349. The molecular weight excluding hydrogens is 350 g/mol. The summed E-state index contributed by atoms with van der Waals surface area (Å²) >= 11 is 4.91. The van der Waals surface area contributed by atoms with E-state index in [0.717, 1.165) is 16.6 Å². The molecule has 0 aliphatic rings. The number of benzene rings is 1. The number of thiocarbonyl (C=S) groups is 1. The third kappa shape index (κ3) is 4.40. The van der Waals surface area contributed by atoms with Gasteiger partial charge < -0.3 is 20.5 Å². The second-order valence-corrected chi connectivity index (χ2v) is 6.43. The van der Waals surface area contributed by atoms with E-state index in [1.807, 2.05) is 44.2 Å². The molecular formula is C18H21N5O2S. The molecule has 0 unspecified atom stereocenters. The molecule has 3 rings (SSSR count). The number of rotatable bonds is 7. The maximum atomic E-state index is 5.98. The third-order valence-electron chi connectivity index (χ3n) is 3.57. The van der Waals surface area contributed by atoms with Crippen LogP contribution in [0.25, 0.3) is 10.9 Å². The SMILES string of the molecule is CC(C)Oc1cc(OCCc2ccccn2)c2[nH]nc(NC(N)=S)c2c1. The highest BCUT2D eigenvalue weighted by Gasteiger charge is 2.14. The van der Waals surface area contributed by atoms with Gasteiger partial charge in [-0.15, -0.1) is 0 Å². The monoisotopic (exact) mass is 371 g/mol. The fourth-order valence-corrected chi connectivity index (χ4v) is 2.64. The van der Waals surface area contributed by atoms with Crippen molar-refractivity contribution in [3.63, 3.8) is 0 Å². The Morgan fingerprint density at radius 1 is 1.35 bits per heavy atom. The Kier molecular flexibility index (Phi) is 5.52. The van der Waals surface area contributed by atoms with Crippen LogP contribution in [0.1, 0.15) is 19.5 Å². The Balaban J connectivity index is 1.86. The number of ether oxygens (including phenoxy) is 2. The zero-order chi connectivity index (χ0) is 18.5. The molecule has 4 N–H and O–H groups in total. The lowest BCUT2D eigenvalue weighted by Crippen LogP contribution is -2.19. The van der Waals surface area contributed by atoms with Crippen LogP contribution in [0.15, 0.2) is 36.5 Å². The number of aromatic nitrogens is 3. The zero-order valence-corrected chi connectivity index (χ0v) is 15.5. The highest BCUT2D eigenvalue weighted by molar-refractivity contribution is 7.80. The smallest absolute Gasteiger partial charge is 0.169 e. The molecule has 0 aliphatic heterocycles. The van der Waals surface area contributed by atoms with Crippen molar-refractivity contribution in [3.05, 3.63) is 42.2 Å². The number of hydrogen-bond acceptors (Lipinski definition) is 5. The lowest BCUT2D eigenvalue weighted by Gasteiger charge is -2.13. The van der Waals surface area contributed by atoms with Crippen LogP contribution in [0.3, 0.4) is 0 Å². The van der Waals surface area contributed by atoms with Crippen molar-refractivity contribution in [1.82, 2.24) is 15.2 Å². The molecule has 7 nitrogen and oxygen atoms in total. The van der Waals surface area contributed by atoms with Crippen LogP contribution in [0.2, 0.25) is 0 Å². The molecule has 0 bridgehead atoms. The van der Waals surface area contributed by atoms with Gasteiger partial charge in [-0.25, -0.2) is 0 Å². The number of pyridine rings is 1. The Labute approximate surface area is 156 Å². The van der Waals surface area contributed by atoms with E-state index in [-0.39, 0.29) is 11.2 Å². The molecule has 0 amide bonds. The van der Waals surface area contributed by atoms with E-state index in [1.54, 1.807) is 6.20 Å². The van der Waals surface area contributed by atoms with Gasteiger partial charge in [0, 0.05) is 24.4 Å². The molecule has 1 aromatic carbocycles. The summed E-state index contributed by atoms with van der Waals surface area (Å²) in [6.45, 7) is 4.42. The van der Waals surface area contributed by atoms with Crippen molar-refractivity contribution in [2.45, 2.75) is 26.4 Å². The predicted octanol–water partition coefficient (Wildman–Crippen LogP) is 3.02. The van der Waals surface area contributed by atoms with Crippen LogP contribution in [-0.2, 0) is 6.42 Å². The van der Waals surface area contributed by atoms with Gasteiger partial charge in [0.15, 0.2) is 10.9 Å². The lowest BCUT2D eigenvalue weighted by atomic mass is 10.2. The molecule has 2 aromatic heterocycles. The van der Waals surface area contributed by atoms with Crippen molar-refractivity contribution in [3.8, 4) is 11.5 Å². The third-order valence-corrected chi connectivity index (χ3v) is 3.67. The topological polar surface area (TPSA) is 98.1 Å². The van der Waals surface area contributed by atoms with Crippen LogP contribution in [0.5, 0.6) is 11.5 Å². The summed E-state index contributed by atoms with van der Waals surface area (Å²) in [6.07, 6.45) is 2.50. The molecule has 136 valence electrons. The van der Waals surface area contributed by atoms with Crippen molar-refractivity contribution >= 4 is 34.1 Å². The van der Waals surface area contributed by atoms with E-state index in [4.69, 9.17) is 27.4 Å². The Morgan fingerprint density at radius 3 is 2.88 bits per heavy atom. The van der Waals surface area contributed by atoms with Gasteiger partial charge in [-0.2, -0.15) is 5.10 Å². The first-order valence-electron chi connectivity index (χ1n) is 8.31. The van der Waals surface area contributed by atoms with E-state index < -0.39 is 0 Å². The number of fused-ring (bicyclic) bond motifs is 1. The van der Waals surface area contributed by atoms with Crippen LogP contribution >= 0.6 is 12.2 Å². The molecule has 0 aliphatic carbocycles. The average Bonchev–Trinajstić information content (AvgIpc) is 2.97. The maximum absolute atomic E-state index is 5.98. The minimum Gasteiger partial charge on any atom is -0.491 e. The summed E-state index contributed by atoms with van der Waals surface area (Å²) in [5.74, 6) is 1.88. The summed E-state index contributed by atoms with van der Waals surface area (Å²) in [4.78, 5) is 4.30. The van der Waals surface area contributed by atoms with Crippen molar-refractivity contribution in [1.29, 1.82) is 0 Å². The van der Waals surface area contributed by atoms with E-state index in [2.05, 4.69) is 20.5 Å². The van der Waals surface area contributed by atoms with Gasteiger partial charge in [0.2, 0.25) is 0 Å². The lowest BCUT2D eigenvalue weighted by molar-refractivity contribution is 0.240. The zero-order valence-electron chi connectivity index (χ0n) is 14.7. The van der Waals surface area contributed by atoms with Gasteiger partial charge in [-0.05, 0) is 44.3 Å². The summed E-state index contributed by atoms with van der Waals surface area (Å²) < 4.78 is 11.8. The van der Waals surface area contributed by atoms with Gasteiger partial charge in [-0.3, -0.25) is 10.1 Å². The van der Waals surface area contributed by atoms with E-state index in [1.165, 1.54) is 0 Å². The summed E-state index contributed by atoms with van der Waals surface area (Å²) in [6, 6.07) is 9.55. The van der Waals surface area contributed by atoms with Gasteiger partial charge >= 0.3 is 0 Å². The highest BCUT2D eigenvalue weighted by Crippen LogP contribution is 2.34. The fraction of sp³-hybridized carbons (Fsp3) is 0.278. The number of nitrogens with two attached hydrogens (primary N) is 1. The van der Waals surface area contributed by atoms with E-state index in [0.29, 0.717) is 30.3 Å². The number of nitrogens with zero attached hydrogens (tertiary/aromatic N) is 2. The van der Waals surface area contributed by atoms with E-state index in [9.17, 15) is 0 Å². The summed E-state index contributed by atoms with van der Waals surface area (Å²) in [5, 5.41) is 11.0. The molecule has 2 heterocycles. The van der Waals surface area contributed by atoms with Gasteiger partial charge in [0.05, 0.1) is 18.1 Å². The largest absolute Gasteiger partial charge is 0.491 e. The van der Waals surface area contributed by atoms with Crippen molar-refractivity contribution in [2.24, 2.45) is 5.73 Å². The number of anilines is 1. The van der Waals surface area contributed by atoms with Gasteiger partial charge in [-0.1, -0.05) is 6.07 Å². The quantitative estimate of drug-likeness (QED) is 0.549. The fourth-order valence-electron chi connectivity index (χ4n) is 2.54. The highest BCUT2D eigenvalue weighted by atomic mass is 32.1. The molecule has 0 saturated heterocycles. The molecule has 0 fully saturated rings.